The molecule has 2 N–H and O–H groups in total. The van der Waals surface area contributed by atoms with Crippen molar-refractivity contribution in [3.8, 4) is 0 Å². The zero-order valence-corrected chi connectivity index (χ0v) is 13.5. The molecular formula is C13H11Cl2NO5S. The molecule has 0 radical (unpaired) electrons. The molecule has 0 saturated carbocycles. The van der Waals surface area contributed by atoms with E-state index in [2.05, 4.69) is 4.72 Å². The molecule has 0 fully saturated rings. The molecule has 1 heterocycles. The van der Waals surface area contributed by atoms with Crippen LogP contribution >= 0.6 is 23.2 Å². The predicted octanol–water partition coefficient (Wildman–Crippen LogP) is 3.32. The molecule has 1 aromatic heterocycles. The van der Waals surface area contributed by atoms with Crippen molar-refractivity contribution in [3.63, 3.8) is 0 Å². The molecule has 0 spiro atoms. The molecule has 0 amide bonds. The van der Waals surface area contributed by atoms with Gasteiger partial charge in [-0.1, -0.05) is 23.2 Å². The van der Waals surface area contributed by atoms with E-state index < -0.39 is 22.0 Å². The van der Waals surface area contributed by atoms with E-state index in [1.165, 1.54) is 6.26 Å². The van der Waals surface area contributed by atoms with Gasteiger partial charge >= 0.3 is 5.97 Å². The van der Waals surface area contributed by atoms with Gasteiger partial charge in [-0.15, -0.1) is 0 Å². The molecule has 2 aromatic rings. The molecule has 0 aliphatic heterocycles. The molecular weight excluding hydrogens is 353 g/mol. The first-order valence-corrected chi connectivity index (χ1v) is 8.24. The number of aromatic carboxylic acids is 1. The third-order valence-corrected chi connectivity index (χ3v) is 5.16. The Morgan fingerprint density at radius 1 is 1.32 bits per heavy atom. The largest absolute Gasteiger partial charge is 0.478 e. The summed E-state index contributed by atoms with van der Waals surface area (Å²) in [5, 5.41) is 8.71. The fraction of sp³-hybridized carbons (Fsp3) is 0.154. The number of benzene rings is 1. The predicted molar refractivity (Wildman–Crippen MR) is 80.9 cm³/mol. The molecule has 2 rings (SSSR count). The Balaban J connectivity index is 2.41. The highest BCUT2D eigenvalue weighted by Crippen LogP contribution is 2.29. The first kappa shape index (κ1) is 16.8. The van der Waals surface area contributed by atoms with Crippen molar-refractivity contribution < 1.29 is 22.7 Å². The van der Waals surface area contributed by atoms with Crippen molar-refractivity contribution >= 4 is 39.2 Å². The average molecular weight is 364 g/mol. The van der Waals surface area contributed by atoms with Crippen LogP contribution < -0.4 is 4.72 Å². The first-order chi connectivity index (χ1) is 10.2. The number of halogens is 2. The summed E-state index contributed by atoms with van der Waals surface area (Å²) < 4.78 is 32.2. The van der Waals surface area contributed by atoms with E-state index in [4.69, 9.17) is 32.7 Å². The molecule has 1 atom stereocenters. The first-order valence-electron chi connectivity index (χ1n) is 6.00. The van der Waals surface area contributed by atoms with Gasteiger partial charge in [0.05, 0.1) is 27.9 Å². The van der Waals surface area contributed by atoms with Crippen molar-refractivity contribution in [2.45, 2.75) is 17.9 Å². The number of hydrogen-bond donors (Lipinski definition) is 2. The van der Waals surface area contributed by atoms with Crippen LogP contribution in [0.2, 0.25) is 10.0 Å². The van der Waals surface area contributed by atoms with Crippen LogP contribution in [0.15, 0.2) is 39.8 Å². The van der Waals surface area contributed by atoms with Crippen molar-refractivity contribution in [3.05, 3.63) is 51.9 Å². The van der Waals surface area contributed by atoms with Crippen LogP contribution in [0, 0.1) is 0 Å². The number of nitrogens with one attached hydrogen (secondary N) is 1. The van der Waals surface area contributed by atoms with Gasteiger partial charge in [0.25, 0.3) is 0 Å². The summed E-state index contributed by atoms with van der Waals surface area (Å²) in [4.78, 5) is 10.7. The van der Waals surface area contributed by atoms with Crippen LogP contribution in [0.1, 0.15) is 29.1 Å². The van der Waals surface area contributed by atoms with Crippen LogP contribution in [-0.4, -0.2) is 19.5 Å². The minimum absolute atomic E-state index is 0.143. The Kier molecular flexibility index (Phi) is 4.81. The van der Waals surface area contributed by atoms with Gasteiger partial charge in [-0.05, 0) is 31.2 Å². The SMILES string of the molecule is CC(NS(=O)(=O)c1cc(C(=O)O)c(Cl)cc1Cl)c1ccco1. The van der Waals surface area contributed by atoms with E-state index in [0.29, 0.717) is 5.76 Å². The molecule has 6 nitrogen and oxygen atoms in total. The second-order valence-corrected chi connectivity index (χ2v) is 6.92. The number of sulfonamides is 1. The maximum atomic E-state index is 12.4. The third-order valence-electron chi connectivity index (χ3n) is 2.84. The minimum Gasteiger partial charge on any atom is -0.478 e. The summed E-state index contributed by atoms with van der Waals surface area (Å²) in [5.41, 5.74) is -0.350. The normalized spacial score (nSPS) is 13.0. The highest BCUT2D eigenvalue weighted by molar-refractivity contribution is 7.89. The van der Waals surface area contributed by atoms with E-state index in [1.54, 1.807) is 19.1 Å². The van der Waals surface area contributed by atoms with Gasteiger partial charge in [-0.3, -0.25) is 0 Å². The van der Waals surface area contributed by atoms with Gasteiger partial charge in [0.2, 0.25) is 10.0 Å². The summed E-state index contributed by atoms with van der Waals surface area (Å²) >= 11 is 11.6. The lowest BCUT2D eigenvalue weighted by atomic mass is 10.2. The molecule has 0 saturated heterocycles. The van der Waals surface area contributed by atoms with E-state index in [0.717, 1.165) is 12.1 Å². The zero-order chi connectivity index (χ0) is 16.5. The zero-order valence-electron chi connectivity index (χ0n) is 11.2. The quantitative estimate of drug-likeness (QED) is 0.848. The summed E-state index contributed by atoms with van der Waals surface area (Å²) in [7, 11) is -4.05. The molecule has 1 unspecified atom stereocenters. The van der Waals surface area contributed by atoms with E-state index in [9.17, 15) is 13.2 Å². The lowest BCUT2D eigenvalue weighted by Gasteiger charge is -2.14. The van der Waals surface area contributed by atoms with Crippen LogP contribution in [0.3, 0.4) is 0 Å². The molecule has 0 aliphatic rings. The van der Waals surface area contributed by atoms with Crippen molar-refractivity contribution in [2.75, 3.05) is 0 Å². The van der Waals surface area contributed by atoms with Crippen LogP contribution in [0.25, 0.3) is 0 Å². The molecule has 0 aliphatic carbocycles. The van der Waals surface area contributed by atoms with Crippen molar-refractivity contribution in [1.82, 2.24) is 4.72 Å². The highest BCUT2D eigenvalue weighted by atomic mass is 35.5. The lowest BCUT2D eigenvalue weighted by molar-refractivity contribution is 0.0697. The van der Waals surface area contributed by atoms with E-state index in [-0.39, 0.29) is 20.5 Å². The smallest absolute Gasteiger partial charge is 0.337 e. The number of furan rings is 1. The fourth-order valence-corrected chi connectivity index (χ4v) is 3.86. The minimum atomic E-state index is -4.05. The number of rotatable bonds is 5. The summed E-state index contributed by atoms with van der Waals surface area (Å²) in [5.74, 6) is -0.940. The molecule has 118 valence electrons. The number of carboxylic acid groups (broad SMARTS) is 1. The third kappa shape index (κ3) is 3.44. The Bertz CT molecular complexity index is 802. The van der Waals surface area contributed by atoms with Crippen LogP contribution in [0.5, 0.6) is 0 Å². The summed E-state index contributed by atoms with van der Waals surface area (Å²) in [6.45, 7) is 1.58. The summed E-state index contributed by atoms with van der Waals surface area (Å²) in [6.07, 6.45) is 1.41. The van der Waals surface area contributed by atoms with Crippen molar-refractivity contribution in [1.29, 1.82) is 0 Å². The Morgan fingerprint density at radius 3 is 2.55 bits per heavy atom. The Hall–Kier alpha value is -1.54. The van der Waals surface area contributed by atoms with Crippen molar-refractivity contribution in [2.24, 2.45) is 0 Å². The van der Waals surface area contributed by atoms with E-state index in [1.807, 2.05) is 0 Å². The van der Waals surface area contributed by atoms with E-state index >= 15 is 0 Å². The lowest BCUT2D eigenvalue weighted by Crippen LogP contribution is -2.27. The molecule has 9 heteroatoms. The van der Waals surface area contributed by atoms with Gasteiger partial charge in [-0.2, -0.15) is 0 Å². The molecule has 0 bridgehead atoms. The Labute approximate surface area is 136 Å². The monoisotopic (exact) mass is 363 g/mol. The van der Waals surface area contributed by atoms with Gasteiger partial charge in [-0.25, -0.2) is 17.9 Å². The number of hydrogen-bond acceptors (Lipinski definition) is 4. The van der Waals surface area contributed by atoms with Crippen LogP contribution in [-0.2, 0) is 10.0 Å². The Morgan fingerprint density at radius 2 is 2.00 bits per heavy atom. The second kappa shape index (κ2) is 6.29. The van der Waals surface area contributed by atoms with Gasteiger partial charge in [0.15, 0.2) is 0 Å². The fourth-order valence-electron chi connectivity index (χ4n) is 1.79. The van der Waals surface area contributed by atoms with Gasteiger partial charge in [0.1, 0.15) is 10.7 Å². The second-order valence-electron chi connectivity index (χ2n) is 4.43. The summed E-state index contributed by atoms with van der Waals surface area (Å²) in [6, 6.07) is 4.58. The van der Waals surface area contributed by atoms with Crippen LogP contribution in [0.4, 0.5) is 0 Å². The molecule has 1 aromatic carbocycles. The topological polar surface area (TPSA) is 96.6 Å². The number of carbonyl (C=O) groups is 1. The molecule has 22 heavy (non-hydrogen) atoms. The average Bonchev–Trinajstić information content (AvgIpc) is 2.90. The maximum absolute atomic E-state index is 12.4. The van der Waals surface area contributed by atoms with Gasteiger partial charge in [0, 0.05) is 0 Å². The standard InChI is InChI=1S/C13H11Cl2NO5S/c1-7(11-3-2-4-21-11)16-22(19,20)12-5-8(13(17)18)9(14)6-10(12)15/h2-7,16H,1H3,(H,17,18). The maximum Gasteiger partial charge on any atom is 0.337 e. The number of carboxylic acids is 1. The highest BCUT2D eigenvalue weighted by Gasteiger charge is 2.25. The van der Waals surface area contributed by atoms with Gasteiger partial charge < -0.3 is 9.52 Å².